The predicted octanol–water partition coefficient (Wildman–Crippen LogP) is -0.518. The summed E-state index contributed by atoms with van der Waals surface area (Å²) < 4.78 is 0. The highest BCUT2D eigenvalue weighted by Gasteiger charge is 2.06. The lowest BCUT2D eigenvalue weighted by molar-refractivity contribution is 0.104. The van der Waals surface area contributed by atoms with Gasteiger partial charge in [0, 0.05) is 13.4 Å². The van der Waals surface area contributed by atoms with Crippen LogP contribution in [-0.4, -0.2) is 26.2 Å². The molecule has 1 aromatic rings. The third kappa shape index (κ3) is 1.81. The van der Waals surface area contributed by atoms with E-state index in [0.29, 0.717) is 5.82 Å². The van der Waals surface area contributed by atoms with Crippen molar-refractivity contribution in [1.29, 1.82) is 0 Å². The van der Waals surface area contributed by atoms with Gasteiger partial charge in [-0.15, -0.1) is 5.10 Å². The molecule has 12 heavy (non-hydrogen) atoms. The number of nitrogens with zero attached hydrogens (tertiary/aromatic N) is 2. The van der Waals surface area contributed by atoms with Gasteiger partial charge in [0.2, 0.25) is 5.82 Å². The predicted molar refractivity (Wildman–Crippen MR) is 40.3 cm³/mol. The molecule has 0 aliphatic carbocycles. The number of carbonyl (C=O) groups excluding carboxylic acids is 1. The highest BCUT2D eigenvalue weighted by atomic mass is 16.5. The molecule has 0 unspecified atom stereocenters. The minimum atomic E-state index is -0.555. The van der Waals surface area contributed by atoms with E-state index in [-0.39, 0.29) is 7.25 Å². The standard InChI is InChI=1S/C6H6N4O2.H2/c1-4-8-6(10-9-4)5(11)2-3-7-12;/h7,12H,1H3,(H,8,9,10);1H. The molecular weight excluding hydrogens is 160 g/mol. The maximum atomic E-state index is 10.9. The van der Waals surface area contributed by atoms with Crippen molar-refractivity contribution in [2.75, 3.05) is 0 Å². The molecule has 1 rings (SSSR count). The van der Waals surface area contributed by atoms with Gasteiger partial charge in [-0.2, -0.15) is 0 Å². The lowest BCUT2D eigenvalue weighted by Gasteiger charge is -1.79. The van der Waals surface area contributed by atoms with Crippen LogP contribution < -0.4 is 5.48 Å². The fourth-order valence-electron chi connectivity index (χ4n) is 0.585. The molecule has 0 aliphatic rings. The molecule has 0 bridgehead atoms. The number of aromatic nitrogens is 3. The van der Waals surface area contributed by atoms with E-state index in [0.717, 1.165) is 0 Å². The van der Waals surface area contributed by atoms with Gasteiger partial charge in [-0.05, 0) is 6.92 Å². The first-order chi connectivity index (χ1) is 5.74. The number of hydroxylamine groups is 1. The Bertz CT molecular complexity index is 351. The van der Waals surface area contributed by atoms with Gasteiger partial charge >= 0.3 is 0 Å². The van der Waals surface area contributed by atoms with Gasteiger partial charge in [-0.1, -0.05) is 0 Å². The second-order valence-electron chi connectivity index (χ2n) is 1.94. The molecule has 0 saturated carbocycles. The SMILES string of the molecule is Cc1nc(C(=O)C#CNO)n[nH]1.[HH]. The van der Waals surface area contributed by atoms with E-state index in [9.17, 15) is 4.79 Å². The monoisotopic (exact) mass is 168 g/mol. The van der Waals surface area contributed by atoms with E-state index < -0.39 is 5.78 Å². The smallest absolute Gasteiger partial charge is 0.276 e. The fraction of sp³-hybridized carbons (Fsp3) is 0.167. The van der Waals surface area contributed by atoms with Crippen molar-refractivity contribution in [3.05, 3.63) is 11.6 Å². The summed E-state index contributed by atoms with van der Waals surface area (Å²) >= 11 is 0. The van der Waals surface area contributed by atoms with Crippen molar-refractivity contribution in [3.8, 4) is 12.0 Å². The van der Waals surface area contributed by atoms with Crippen molar-refractivity contribution in [1.82, 2.24) is 20.7 Å². The van der Waals surface area contributed by atoms with Crippen LogP contribution in [0.3, 0.4) is 0 Å². The van der Waals surface area contributed by atoms with Gasteiger partial charge in [0.15, 0.2) is 0 Å². The molecule has 0 aliphatic heterocycles. The molecule has 1 aromatic heterocycles. The fourth-order valence-corrected chi connectivity index (χ4v) is 0.585. The average Bonchev–Trinajstić information content (AvgIpc) is 2.47. The maximum absolute atomic E-state index is 10.9. The number of carbonyl (C=O) groups is 1. The number of hydrogen-bond donors (Lipinski definition) is 3. The molecule has 6 heteroatoms. The highest BCUT2D eigenvalue weighted by molar-refractivity contribution is 6.06. The summed E-state index contributed by atoms with van der Waals surface area (Å²) in [6.07, 6.45) is 0. The summed E-state index contributed by atoms with van der Waals surface area (Å²) in [5, 5.41) is 14.1. The summed E-state index contributed by atoms with van der Waals surface area (Å²) in [6.45, 7) is 1.67. The molecule has 0 atom stereocenters. The number of hydrogen-bond acceptors (Lipinski definition) is 5. The highest BCUT2D eigenvalue weighted by Crippen LogP contribution is 1.90. The quantitative estimate of drug-likeness (QED) is 0.227. The molecule has 0 aromatic carbocycles. The molecule has 6 nitrogen and oxygen atoms in total. The third-order valence-corrected chi connectivity index (χ3v) is 1.03. The van der Waals surface area contributed by atoms with E-state index in [1.807, 2.05) is 6.04 Å². The summed E-state index contributed by atoms with van der Waals surface area (Å²) in [6, 6.07) is 1.97. The second kappa shape index (κ2) is 3.50. The van der Waals surface area contributed by atoms with E-state index in [1.54, 1.807) is 6.92 Å². The Labute approximate surface area is 69.5 Å². The Morgan fingerprint density at radius 2 is 2.58 bits per heavy atom. The lowest BCUT2D eigenvalue weighted by atomic mass is 10.4. The Morgan fingerprint density at radius 1 is 1.83 bits per heavy atom. The molecule has 0 amide bonds. The Balaban J connectivity index is 0.00000144. The second-order valence-corrected chi connectivity index (χ2v) is 1.94. The van der Waals surface area contributed by atoms with Gasteiger partial charge in [-0.25, -0.2) is 10.5 Å². The lowest BCUT2D eigenvalue weighted by Crippen LogP contribution is -2.01. The first-order valence-corrected chi connectivity index (χ1v) is 3.07. The number of Topliss-reactive ketones (excluding diaryl/α,β-unsaturated/α-hetero) is 1. The molecule has 0 radical (unpaired) electrons. The van der Waals surface area contributed by atoms with Crippen LogP contribution >= 0.6 is 0 Å². The topological polar surface area (TPSA) is 90.9 Å². The molecule has 64 valence electrons. The van der Waals surface area contributed by atoms with Crippen molar-refractivity contribution in [2.24, 2.45) is 0 Å². The van der Waals surface area contributed by atoms with Gasteiger partial charge in [0.05, 0.1) is 0 Å². The van der Waals surface area contributed by atoms with E-state index in [4.69, 9.17) is 5.21 Å². The van der Waals surface area contributed by atoms with Gasteiger partial charge in [0.1, 0.15) is 5.82 Å². The van der Waals surface area contributed by atoms with Crippen LogP contribution in [0.5, 0.6) is 0 Å². The largest absolute Gasteiger partial charge is 0.283 e. The van der Waals surface area contributed by atoms with Crippen molar-refractivity contribution in [3.63, 3.8) is 0 Å². The van der Waals surface area contributed by atoms with Crippen LogP contribution in [0.1, 0.15) is 17.9 Å². The zero-order chi connectivity index (χ0) is 8.97. The van der Waals surface area contributed by atoms with Gasteiger partial charge < -0.3 is 0 Å². The Morgan fingerprint density at radius 3 is 3.08 bits per heavy atom. The van der Waals surface area contributed by atoms with Crippen LogP contribution in [0, 0.1) is 18.9 Å². The summed E-state index contributed by atoms with van der Waals surface area (Å²) in [5.41, 5.74) is 1.53. The summed E-state index contributed by atoms with van der Waals surface area (Å²) in [4.78, 5) is 14.7. The zero-order valence-corrected chi connectivity index (χ0v) is 6.25. The summed E-state index contributed by atoms with van der Waals surface area (Å²) in [5.74, 6) is 2.05. The van der Waals surface area contributed by atoms with Crippen LogP contribution in [-0.2, 0) is 0 Å². The minimum Gasteiger partial charge on any atom is -0.283 e. The Hall–Kier alpha value is -1.87. The molecule has 0 spiro atoms. The van der Waals surface area contributed by atoms with Crippen LogP contribution in [0.15, 0.2) is 0 Å². The molecular formula is C6H8N4O2. The Kier molecular flexibility index (Phi) is 2.40. The average molecular weight is 168 g/mol. The third-order valence-electron chi connectivity index (χ3n) is 1.03. The number of ketones is 1. The zero-order valence-electron chi connectivity index (χ0n) is 6.25. The van der Waals surface area contributed by atoms with Crippen molar-refractivity contribution < 1.29 is 11.4 Å². The van der Waals surface area contributed by atoms with Crippen molar-refractivity contribution in [2.45, 2.75) is 6.92 Å². The van der Waals surface area contributed by atoms with Crippen LogP contribution in [0.4, 0.5) is 0 Å². The minimum absolute atomic E-state index is 0. The number of rotatable bonds is 1. The van der Waals surface area contributed by atoms with Crippen LogP contribution in [0.2, 0.25) is 0 Å². The van der Waals surface area contributed by atoms with E-state index >= 15 is 0 Å². The maximum Gasteiger partial charge on any atom is 0.276 e. The molecule has 0 saturated heterocycles. The van der Waals surface area contributed by atoms with E-state index in [1.165, 1.54) is 5.48 Å². The first-order valence-electron chi connectivity index (χ1n) is 3.07. The summed E-state index contributed by atoms with van der Waals surface area (Å²) in [7, 11) is 0. The van der Waals surface area contributed by atoms with Gasteiger partial charge in [-0.3, -0.25) is 15.1 Å². The molecule has 0 fully saturated rings. The van der Waals surface area contributed by atoms with Crippen molar-refractivity contribution >= 4 is 5.78 Å². The normalized spacial score (nSPS) is 8.50. The number of H-pyrrole nitrogens is 1. The first kappa shape index (κ1) is 8.23. The van der Waals surface area contributed by atoms with Gasteiger partial charge in [0.25, 0.3) is 5.78 Å². The number of aromatic amines is 1. The van der Waals surface area contributed by atoms with E-state index in [2.05, 4.69) is 21.1 Å². The molecule has 1 heterocycles. The number of nitrogens with one attached hydrogen (secondary N) is 2. The van der Waals surface area contributed by atoms with Crippen LogP contribution in [0.25, 0.3) is 0 Å². The number of aryl methyl sites for hydroxylation is 1. The molecule has 3 N–H and O–H groups in total.